The third kappa shape index (κ3) is 3.59. The molecule has 0 aliphatic carbocycles. The zero-order chi connectivity index (χ0) is 20.5. The van der Waals surface area contributed by atoms with E-state index in [0.717, 1.165) is 32.1 Å². The van der Waals surface area contributed by atoms with Crippen molar-refractivity contribution in [3.05, 3.63) is 46.5 Å². The number of nitrogens with zero attached hydrogens (tertiary/aromatic N) is 5. The van der Waals surface area contributed by atoms with Crippen molar-refractivity contribution in [1.82, 2.24) is 19.6 Å². The topological polar surface area (TPSA) is 74.4 Å². The van der Waals surface area contributed by atoms with E-state index in [2.05, 4.69) is 16.1 Å². The summed E-state index contributed by atoms with van der Waals surface area (Å²) in [5.41, 5.74) is 1.89. The van der Waals surface area contributed by atoms with E-state index in [1.807, 2.05) is 53.9 Å². The molecule has 0 saturated carbocycles. The second-order valence-corrected chi connectivity index (χ2v) is 8.20. The maximum absolute atomic E-state index is 13.0. The maximum atomic E-state index is 13.0. The summed E-state index contributed by atoms with van der Waals surface area (Å²) in [6, 6.07) is 11.6. The third-order valence-corrected chi connectivity index (χ3v) is 6.62. The molecule has 1 aromatic carbocycles. The van der Waals surface area contributed by atoms with Gasteiger partial charge in [-0.3, -0.25) is 14.4 Å². The van der Waals surface area contributed by atoms with E-state index in [9.17, 15) is 10.1 Å². The number of amides is 1. The number of carbonyl (C=O) groups excluding carboxylic acids is 1. The lowest BCUT2D eigenvalue weighted by Crippen LogP contribution is -2.49. The number of aryl methyl sites for hydroxylation is 2. The Morgan fingerprint density at radius 1 is 1.24 bits per heavy atom. The van der Waals surface area contributed by atoms with Crippen molar-refractivity contribution < 1.29 is 9.53 Å². The molecule has 4 rings (SSSR count). The van der Waals surface area contributed by atoms with Gasteiger partial charge in [0.2, 0.25) is 0 Å². The van der Waals surface area contributed by atoms with Gasteiger partial charge in [0.15, 0.2) is 0 Å². The van der Waals surface area contributed by atoms with Crippen LogP contribution in [0, 0.1) is 18.3 Å². The lowest BCUT2D eigenvalue weighted by atomic mass is 10.1. The summed E-state index contributed by atoms with van der Waals surface area (Å²) in [6.07, 6.45) is 0. The molecule has 1 aliphatic heterocycles. The van der Waals surface area contributed by atoms with Crippen molar-refractivity contribution in [3.8, 4) is 11.8 Å². The van der Waals surface area contributed by atoms with Gasteiger partial charge in [0.1, 0.15) is 16.6 Å². The second kappa shape index (κ2) is 7.85. The number of hydrogen-bond donors (Lipinski definition) is 0. The first-order valence-electron chi connectivity index (χ1n) is 9.52. The number of fused-ring (bicyclic) bond motifs is 1. The van der Waals surface area contributed by atoms with Gasteiger partial charge in [-0.05, 0) is 30.7 Å². The Bertz CT molecular complexity index is 1040. The second-order valence-electron chi connectivity index (χ2n) is 7.17. The summed E-state index contributed by atoms with van der Waals surface area (Å²) < 4.78 is 7.03. The van der Waals surface area contributed by atoms with Crippen molar-refractivity contribution in [3.63, 3.8) is 0 Å². The minimum absolute atomic E-state index is 0.0585. The number of hydrogen-bond acceptors (Lipinski definition) is 6. The van der Waals surface area contributed by atoms with Gasteiger partial charge in [-0.15, -0.1) is 11.3 Å². The van der Waals surface area contributed by atoms with Crippen LogP contribution in [0.15, 0.2) is 30.3 Å². The SMILES string of the molecule is COc1ccc(C(C#N)N2CCN(C(=O)c3cc4c(C)nn(C)c4s3)CC2)cc1. The molecule has 0 bridgehead atoms. The monoisotopic (exact) mass is 409 g/mol. The molecular weight excluding hydrogens is 386 g/mol. The van der Waals surface area contributed by atoms with Gasteiger partial charge in [0.25, 0.3) is 5.91 Å². The standard InChI is InChI=1S/C21H23N5O2S/c1-14-17-12-19(29-21(17)24(2)23-14)20(27)26-10-8-25(9-11-26)18(13-22)15-4-6-16(28-3)7-5-15/h4-7,12,18H,8-11H2,1-3H3. The molecular formula is C21H23N5O2S. The van der Waals surface area contributed by atoms with E-state index < -0.39 is 0 Å². The maximum Gasteiger partial charge on any atom is 0.264 e. The van der Waals surface area contributed by atoms with Crippen LogP contribution in [0.1, 0.15) is 27.0 Å². The Hall–Kier alpha value is -2.89. The molecule has 1 amide bonds. The molecule has 150 valence electrons. The molecule has 29 heavy (non-hydrogen) atoms. The van der Waals surface area contributed by atoms with Gasteiger partial charge in [0.05, 0.1) is 23.8 Å². The van der Waals surface area contributed by atoms with E-state index in [4.69, 9.17) is 4.74 Å². The van der Waals surface area contributed by atoms with E-state index in [1.54, 1.807) is 7.11 Å². The Morgan fingerprint density at radius 2 is 1.93 bits per heavy atom. The summed E-state index contributed by atoms with van der Waals surface area (Å²) in [4.78, 5) is 18.8. The lowest BCUT2D eigenvalue weighted by Gasteiger charge is -2.36. The fraction of sp³-hybridized carbons (Fsp3) is 0.381. The van der Waals surface area contributed by atoms with Crippen LogP contribution >= 0.6 is 11.3 Å². The quantitative estimate of drug-likeness (QED) is 0.662. The molecule has 1 unspecified atom stereocenters. The lowest BCUT2D eigenvalue weighted by molar-refractivity contribution is 0.0611. The molecule has 8 heteroatoms. The largest absolute Gasteiger partial charge is 0.497 e. The van der Waals surface area contributed by atoms with Crippen LogP contribution in [-0.2, 0) is 7.05 Å². The third-order valence-electron chi connectivity index (χ3n) is 5.43. The molecule has 2 aromatic heterocycles. The van der Waals surface area contributed by atoms with E-state index in [0.29, 0.717) is 26.2 Å². The first-order chi connectivity index (χ1) is 14.0. The fourth-order valence-corrected chi connectivity index (χ4v) is 4.89. The summed E-state index contributed by atoms with van der Waals surface area (Å²) in [7, 11) is 3.53. The number of thiophene rings is 1. The molecule has 7 nitrogen and oxygen atoms in total. The van der Waals surface area contributed by atoms with Crippen molar-refractivity contribution in [2.24, 2.45) is 7.05 Å². The average molecular weight is 410 g/mol. The summed E-state index contributed by atoms with van der Waals surface area (Å²) in [6.45, 7) is 4.52. The van der Waals surface area contributed by atoms with Gasteiger partial charge in [-0.25, -0.2) is 0 Å². The van der Waals surface area contributed by atoms with E-state index >= 15 is 0 Å². The van der Waals surface area contributed by atoms with Gasteiger partial charge >= 0.3 is 0 Å². The highest BCUT2D eigenvalue weighted by molar-refractivity contribution is 7.20. The zero-order valence-electron chi connectivity index (χ0n) is 16.8. The normalized spacial score (nSPS) is 16.0. The van der Waals surface area contributed by atoms with Crippen molar-refractivity contribution in [2.45, 2.75) is 13.0 Å². The van der Waals surface area contributed by atoms with Crippen LogP contribution in [0.5, 0.6) is 5.75 Å². The number of ether oxygens (including phenoxy) is 1. The van der Waals surface area contributed by atoms with Gasteiger partial charge in [-0.2, -0.15) is 10.4 Å². The smallest absolute Gasteiger partial charge is 0.264 e. The Labute approximate surface area is 173 Å². The highest BCUT2D eigenvalue weighted by Crippen LogP contribution is 2.29. The predicted molar refractivity (Wildman–Crippen MR) is 112 cm³/mol. The number of carbonyl (C=O) groups is 1. The first-order valence-corrected chi connectivity index (χ1v) is 10.3. The van der Waals surface area contributed by atoms with Crippen LogP contribution in [0.3, 0.4) is 0 Å². The van der Waals surface area contributed by atoms with E-state index in [1.165, 1.54) is 11.3 Å². The molecule has 3 aromatic rings. The fourth-order valence-electron chi connectivity index (χ4n) is 3.80. The van der Waals surface area contributed by atoms with Crippen molar-refractivity contribution in [1.29, 1.82) is 5.26 Å². The molecule has 1 saturated heterocycles. The molecule has 1 fully saturated rings. The number of aromatic nitrogens is 2. The van der Waals surface area contributed by atoms with Gasteiger partial charge in [0, 0.05) is 38.6 Å². The Morgan fingerprint density at radius 3 is 2.52 bits per heavy atom. The van der Waals surface area contributed by atoms with Crippen LogP contribution in [0.2, 0.25) is 0 Å². The average Bonchev–Trinajstić information content (AvgIpc) is 3.30. The van der Waals surface area contributed by atoms with Crippen LogP contribution < -0.4 is 4.74 Å². The Balaban J connectivity index is 1.44. The highest BCUT2D eigenvalue weighted by atomic mass is 32.1. The predicted octanol–water partition coefficient (Wildman–Crippen LogP) is 2.97. The van der Waals surface area contributed by atoms with Crippen LogP contribution in [0.25, 0.3) is 10.2 Å². The van der Waals surface area contributed by atoms with Crippen LogP contribution in [0.4, 0.5) is 0 Å². The van der Waals surface area contributed by atoms with Crippen LogP contribution in [-0.4, -0.2) is 58.8 Å². The number of rotatable bonds is 4. The summed E-state index contributed by atoms with van der Waals surface area (Å²) in [5.74, 6) is 0.831. The summed E-state index contributed by atoms with van der Waals surface area (Å²) >= 11 is 1.49. The zero-order valence-corrected chi connectivity index (χ0v) is 17.6. The number of benzene rings is 1. The number of methoxy groups -OCH3 is 1. The molecule has 1 aliphatic rings. The van der Waals surface area contributed by atoms with Crippen molar-refractivity contribution in [2.75, 3.05) is 33.3 Å². The van der Waals surface area contributed by atoms with Crippen molar-refractivity contribution >= 4 is 27.5 Å². The Kier molecular flexibility index (Phi) is 5.26. The number of piperazine rings is 1. The molecule has 0 spiro atoms. The van der Waals surface area contributed by atoms with E-state index in [-0.39, 0.29) is 11.9 Å². The van der Waals surface area contributed by atoms with Gasteiger partial charge < -0.3 is 9.64 Å². The highest BCUT2D eigenvalue weighted by Gasteiger charge is 2.28. The molecule has 0 N–H and O–H groups in total. The first kappa shape index (κ1) is 19.4. The molecule has 0 radical (unpaired) electrons. The summed E-state index contributed by atoms with van der Waals surface area (Å²) in [5, 5.41) is 15.2. The van der Waals surface area contributed by atoms with Gasteiger partial charge in [-0.1, -0.05) is 12.1 Å². The minimum atomic E-state index is -0.323. The molecule has 3 heterocycles. The number of nitriles is 1. The molecule has 1 atom stereocenters. The minimum Gasteiger partial charge on any atom is -0.497 e.